The number of rotatable bonds is 5. The number of carbonyl (C=O) groups excluding carboxylic acids is 2. The van der Waals surface area contributed by atoms with E-state index < -0.39 is 0 Å². The first-order chi connectivity index (χ1) is 9.60. The molecule has 0 saturated carbocycles. The third kappa shape index (κ3) is 3.71. The quantitative estimate of drug-likeness (QED) is 0.604. The average molecular weight is 305 g/mol. The van der Waals surface area contributed by atoms with E-state index in [2.05, 4.69) is 0 Å². The van der Waals surface area contributed by atoms with Crippen LogP contribution in [0.3, 0.4) is 0 Å². The molecule has 0 spiro atoms. The lowest BCUT2D eigenvalue weighted by molar-refractivity contribution is 0.101. The number of carbonyl (C=O) groups is 2. The van der Waals surface area contributed by atoms with Gasteiger partial charge in [-0.15, -0.1) is 11.6 Å². The van der Waals surface area contributed by atoms with E-state index in [1.165, 1.54) is 0 Å². The van der Waals surface area contributed by atoms with Crippen LogP contribution >= 0.6 is 23.4 Å². The summed E-state index contributed by atoms with van der Waals surface area (Å²) in [6.45, 7) is 1.55. The Hall–Kier alpha value is -1.58. The van der Waals surface area contributed by atoms with Gasteiger partial charge in [0.15, 0.2) is 11.6 Å². The van der Waals surface area contributed by atoms with Crippen molar-refractivity contribution in [2.24, 2.45) is 0 Å². The number of hydrogen-bond acceptors (Lipinski definition) is 3. The maximum Gasteiger partial charge on any atom is 0.177 e. The highest BCUT2D eigenvalue weighted by molar-refractivity contribution is 7.99. The zero-order valence-corrected chi connectivity index (χ0v) is 12.5. The molecule has 2 nitrogen and oxygen atoms in total. The van der Waals surface area contributed by atoms with E-state index in [9.17, 15) is 9.59 Å². The molecule has 0 aromatic heterocycles. The minimum atomic E-state index is -0.0750. The second-order valence-electron chi connectivity index (χ2n) is 4.26. The maximum atomic E-state index is 11.4. The Morgan fingerprint density at radius 3 is 1.75 bits per heavy atom. The molecule has 2 rings (SSSR count). The van der Waals surface area contributed by atoms with E-state index in [0.717, 1.165) is 9.79 Å². The van der Waals surface area contributed by atoms with Crippen molar-refractivity contribution in [3.63, 3.8) is 0 Å². The van der Waals surface area contributed by atoms with Crippen LogP contribution in [0.2, 0.25) is 0 Å². The molecule has 2 aromatic carbocycles. The summed E-state index contributed by atoms with van der Waals surface area (Å²) >= 11 is 7.09. The summed E-state index contributed by atoms with van der Waals surface area (Å²) in [6.07, 6.45) is 0. The van der Waals surface area contributed by atoms with Gasteiger partial charge in [0, 0.05) is 20.9 Å². The summed E-state index contributed by atoms with van der Waals surface area (Å²) in [5, 5.41) is 0. The molecule has 0 aliphatic heterocycles. The lowest BCUT2D eigenvalue weighted by Crippen LogP contribution is -1.99. The molecule has 102 valence electrons. The Kier molecular flexibility index (Phi) is 4.99. The Labute approximate surface area is 127 Å². The van der Waals surface area contributed by atoms with Crippen LogP contribution < -0.4 is 0 Å². The van der Waals surface area contributed by atoms with E-state index in [1.54, 1.807) is 30.8 Å². The molecular formula is C16H13ClO2S. The molecular weight excluding hydrogens is 292 g/mol. The van der Waals surface area contributed by atoms with Crippen molar-refractivity contribution in [1.29, 1.82) is 0 Å². The van der Waals surface area contributed by atoms with Crippen molar-refractivity contribution in [1.82, 2.24) is 0 Å². The topological polar surface area (TPSA) is 34.1 Å². The zero-order valence-electron chi connectivity index (χ0n) is 10.9. The molecule has 0 heterocycles. The SMILES string of the molecule is CC(=O)c1ccc(Sc2ccc(C(=O)CCl)cc2)cc1. The van der Waals surface area contributed by atoms with Crippen molar-refractivity contribution >= 4 is 34.9 Å². The van der Waals surface area contributed by atoms with Crippen LogP contribution in [0.1, 0.15) is 27.6 Å². The minimum absolute atomic E-state index is 0.000994. The van der Waals surface area contributed by atoms with Crippen LogP contribution in [0.15, 0.2) is 58.3 Å². The fourth-order valence-electron chi connectivity index (χ4n) is 1.68. The van der Waals surface area contributed by atoms with Gasteiger partial charge in [0.05, 0.1) is 5.88 Å². The molecule has 2 aromatic rings. The standard InChI is InChI=1S/C16H13ClO2S/c1-11(18)12-2-6-14(7-3-12)20-15-8-4-13(5-9-15)16(19)10-17/h2-9H,10H2,1H3. The first-order valence-electron chi connectivity index (χ1n) is 6.08. The summed E-state index contributed by atoms with van der Waals surface area (Å²) in [5.74, 6) is -0.0153. The highest BCUT2D eigenvalue weighted by Crippen LogP contribution is 2.28. The van der Waals surface area contributed by atoms with Gasteiger partial charge < -0.3 is 0 Å². The number of Topliss-reactive ketones (excluding diaryl/α,β-unsaturated/α-hetero) is 2. The van der Waals surface area contributed by atoms with E-state index in [-0.39, 0.29) is 17.4 Å². The largest absolute Gasteiger partial charge is 0.295 e. The average Bonchev–Trinajstić information content (AvgIpc) is 2.48. The second-order valence-corrected chi connectivity index (χ2v) is 5.68. The molecule has 0 bridgehead atoms. The minimum Gasteiger partial charge on any atom is -0.295 e. The third-order valence-corrected chi connectivity index (χ3v) is 4.05. The molecule has 0 aliphatic rings. The van der Waals surface area contributed by atoms with Gasteiger partial charge in [-0.3, -0.25) is 9.59 Å². The van der Waals surface area contributed by atoms with Crippen molar-refractivity contribution in [2.45, 2.75) is 16.7 Å². The van der Waals surface area contributed by atoms with Crippen LogP contribution in [-0.2, 0) is 0 Å². The molecule has 0 radical (unpaired) electrons. The van der Waals surface area contributed by atoms with Crippen LogP contribution in [0.25, 0.3) is 0 Å². The van der Waals surface area contributed by atoms with Gasteiger partial charge >= 0.3 is 0 Å². The van der Waals surface area contributed by atoms with Gasteiger partial charge in [0.25, 0.3) is 0 Å². The molecule has 4 heteroatoms. The van der Waals surface area contributed by atoms with Crippen LogP contribution in [0.4, 0.5) is 0 Å². The first kappa shape index (κ1) is 14.8. The highest BCUT2D eigenvalue weighted by atomic mass is 35.5. The predicted octanol–water partition coefficient (Wildman–Crippen LogP) is 4.46. The monoisotopic (exact) mass is 304 g/mol. The predicted molar refractivity (Wildman–Crippen MR) is 82.1 cm³/mol. The van der Waals surface area contributed by atoms with Crippen molar-refractivity contribution < 1.29 is 9.59 Å². The number of alkyl halides is 1. The lowest BCUT2D eigenvalue weighted by atomic mass is 10.1. The summed E-state index contributed by atoms with van der Waals surface area (Å²) in [5.41, 5.74) is 1.33. The summed E-state index contributed by atoms with van der Waals surface area (Å²) in [4.78, 5) is 24.7. The van der Waals surface area contributed by atoms with Crippen molar-refractivity contribution in [3.8, 4) is 0 Å². The molecule has 0 unspecified atom stereocenters. The Morgan fingerprint density at radius 1 is 0.900 bits per heavy atom. The van der Waals surface area contributed by atoms with E-state index in [1.807, 2.05) is 36.4 Å². The lowest BCUT2D eigenvalue weighted by Gasteiger charge is -2.04. The maximum absolute atomic E-state index is 11.4. The second kappa shape index (κ2) is 6.73. The Bertz CT molecular complexity index is 618. The molecule has 0 atom stereocenters. The molecule has 0 saturated heterocycles. The summed E-state index contributed by atoms with van der Waals surface area (Å²) in [6, 6.07) is 14.8. The molecule has 0 fully saturated rings. The normalized spacial score (nSPS) is 10.3. The van der Waals surface area contributed by atoms with Gasteiger partial charge in [0.1, 0.15) is 0 Å². The smallest absolute Gasteiger partial charge is 0.177 e. The first-order valence-corrected chi connectivity index (χ1v) is 7.43. The fourth-order valence-corrected chi connectivity index (χ4v) is 2.65. The van der Waals surface area contributed by atoms with Gasteiger partial charge in [0.2, 0.25) is 0 Å². The number of ketones is 2. The molecule has 20 heavy (non-hydrogen) atoms. The molecule has 0 aliphatic carbocycles. The van der Waals surface area contributed by atoms with Crippen LogP contribution in [-0.4, -0.2) is 17.4 Å². The van der Waals surface area contributed by atoms with E-state index >= 15 is 0 Å². The van der Waals surface area contributed by atoms with Crippen molar-refractivity contribution in [2.75, 3.05) is 5.88 Å². The molecule has 0 amide bonds. The number of halogens is 1. The van der Waals surface area contributed by atoms with Gasteiger partial charge in [-0.25, -0.2) is 0 Å². The van der Waals surface area contributed by atoms with Gasteiger partial charge in [-0.1, -0.05) is 36.0 Å². The fraction of sp³-hybridized carbons (Fsp3) is 0.125. The molecule has 0 N–H and O–H groups in total. The Balaban J connectivity index is 2.10. The number of benzene rings is 2. The van der Waals surface area contributed by atoms with E-state index in [4.69, 9.17) is 11.6 Å². The summed E-state index contributed by atoms with van der Waals surface area (Å²) in [7, 11) is 0. The van der Waals surface area contributed by atoms with Gasteiger partial charge in [-0.05, 0) is 31.2 Å². The number of hydrogen-bond donors (Lipinski definition) is 0. The van der Waals surface area contributed by atoms with Crippen LogP contribution in [0.5, 0.6) is 0 Å². The highest BCUT2D eigenvalue weighted by Gasteiger charge is 2.05. The zero-order chi connectivity index (χ0) is 14.5. The van der Waals surface area contributed by atoms with Crippen molar-refractivity contribution in [3.05, 3.63) is 59.7 Å². The van der Waals surface area contributed by atoms with Gasteiger partial charge in [-0.2, -0.15) is 0 Å². The Morgan fingerprint density at radius 2 is 1.35 bits per heavy atom. The third-order valence-electron chi connectivity index (χ3n) is 2.79. The summed E-state index contributed by atoms with van der Waals surface area (Å²) < 4.78 is 0. The van der Waals surface area contributed by atoms with Crippen LogP contribution in [0, 0.1) is 0 Å². The van der Waals surface area contributed by atoms with E-state index in [0.29, 0.717) is 11.1 Å².